The highest BCUT2D eigenvalue weighted by atomic mass is 32.1. The van der Waals surface area contributed by atoms with E-state index in [4.69, 9.17) is 5.26 Å². The van der Waals surface area contributed by atoms with Crippen molar-refractivity contribution in [3.63, 3.8) is 0 Å². The number of aryl methyl sites for hydroxylation is 2. The standard InChI is InChI=1S/C10H9N3O2S/c1-5-6(3-2-4-11)7-10(16-5)13-9(15)8(14)12-7/h2-3H2,1H3,(H,12,14)(H,13,15). The van der Waals surface area contributed by atoms with Crippen LogP contribution >= 0.6 is 11.3 Å². The summed E-state index contributed by atoms with van der Waals surface area (Å²) in [5.74, 6) is 0. The van der Waals surface area contributed by atoms with Crippen LogP contribution in [0.25, 0.3) is 10.3 Å². The summed E-state index contributed by atoms with van der Waals surface area (Å²) in [5, 5.41) is 8.55. The van der Waals surface area contributed by atoms with Gasteiger partial charge in [0.25, 0.3) is 0 Å². The van der Waals surface area contributed by atoms with Gasteiger partial charge < -0.3 is 9.97 Å². The van der Waals surface area contributed by atoms with Gasteiger partial charge in [-0.15, -0.1) is 11.3 Å². The number of nitrogens with one attached hydrogen (secondary N) is 2. The van der Waals surface area contributed by atoms with E-state index in [1.165, 1.54) is 11.3 Å². The van der Waals surface area contributed by atoms with E-state index in [2.05, 4.69) is 16.0 Å². The summed E-state index contributed by atoms with van der Waals surface area (Å²) in [7, 11) is 0. The van der Waals surface area contributed by atoms with Crippen molar-refractivity contribution >= 4 is 21.7 Å². The second kappa shape index (κ2) is 3.94. The molecule has 0 saturated carbocycles. The fourth-order valence-electron chi connectivity index (χ4n) is 1.61. The van der Waals surface area contributed by atoms with E-state index in [9.17, 15) is 9.59 Å². The average Bonchev–Trinajstić information content (AvgIpc) is 2.52. The molecule has 0 saturated heterocycles. The average molecular weight is 235 g/mol. The normalized spacial score (nSPS) is 10.5. The van der Waals surface area contributed by atoms with Crippen LogP contribution in [-0.2, 0) is 6.42 Å². The van der Waals surface area contributed by atoms with E-state index < -0.39 is 11.1 Å². The van der Waals surface area contributed by atoms with Crippen molar-refractivity contribution in [2.24, 2.45) is 0 Å². The molecule has 2 aromatic rings. The van der Waals surface area contributed by atoms with Gasteiger partial charge in [0.1, 0.15) is 4.83 Å². The highest BCUT2D eigenvalue weighted by molar-refractivity contribution is 7.18. The summed E-state index contributed by atoms with van der Waals surface area (Å²) in [6.07, 6.45) is 0.984. The Morgan fingerprint density at radius 3 is 2.69 bits per heavy atom. The monoisotopic (exact) mass is 235 g/mol. The van der Waals surface area contributed by atoms with Gasteiger partial charge in [-0.05, 0) is 18.9 Å². The van der Waals surface area contributed by atoms with Crippen molar-refractivity contribution < 1.29 is 0 Å². The Bertz CT molecular complexity index is 687. The minimum Gasteiger partial charge on any atom is -0.315 e. The van der Waals surface area contributed by atoms with Gasteiger partial charge in [0.05, 0.1) is 11.6 Å². The van der Waals surface area contributed by atoms with Crippen molar-refractivity contribution in [2.45, 2.75) is 19.8 Å². The summed E-state index contributed by atoms with van der Waals surface area (Å²) in [6.45, 7) is 1.91. The van der Waals surface area contributed by atoms with E-state index in [-0.39, 0.29) is 0 Å². The van der Waals surface area contributed by atoms with E-state index in [0.29, 0.717) is 23.2 Å². The predicted octanol–water partition coefficient (Wildman–Crippen LogP) is 1.04. The Hall–Kier alpha value is -1.87. The van der Waals surface area contributed by atoms with Crippen LogP contribution in [0.1, 0.15) is 16.9 Å². The molecule has 0 aromatic carbocycles. The van der Waals surface area contributed by atoms with E-state index >= 15 is 0 Å². The smallest absolute Gasteiger partial charge is 0.314 e. The van der Waals surface area contributed by atoms with Gasteiger partial charge >= 0.3 is 11.1 Å². The molecule has 0 bridgehead atoms. The van der Waals surface area contributed by atoms with Crippen molar-refractivity contribution in [3.8, 4) is 6.07 Å². The quantitative estimate of drug-likeness (QED) is 0.762. The van der Waals surface area contributed by atoms with Crippen LogP contribution in [0.2, 0.25) is 0 Å². The van der Waals surface area contributed by atoms with Gasteiger partial charge in [0.2, 0.25) is 0 Å². The molecule has 2 aromatic heterocycles. The Morgan fingerprint density at radius 1 is 1.31 bits per heavy atom. The van der Waals surface area contributed by atoms with E-state index in [1.807, 2.05) is 6.92 Å². The summed E-state index contributed by atoms with van der Waals surface area (Å²) in [6, 6.07) is 2.06. The maximum atomic E-state index is 11.2. The van der Waals surface area contributed by atoms with Gasteiger partial charge in [-0.2, -0.15) is 5.26 Å². The molecule has 0 spiro atoms. The van der Waals surface area contributed by atoms with Gasteiger partial charge in [-0.25, -0.2) is 0 Å². The van der Waals surface area contributed by atoms with Gasteiger partial charge in [-0.1, -0.05) is 0 Å². The second-order valence-electron chi connectivity index (χ2n) is 3.41. The minimum absolute atomic E-state index is 0.397. The number of rotatable bonds is 2. The zero-order valence-electron chi connectivity index (χ0n) is 8.59. The molecule has 82 valence electrons. The molecule has 5 nitrogen and oxygen atoms in total. The molecule has 0 aliphatic rings. The third-order valence-electron chi connectivity index (χ3n) is 2.37. The topological polar surface area (TPSA) is 89.5 Å². The first-order chi connectivity index (χ1) is 7.63. The molecule has 0 amide bonds. The van der Waals surface area contributed by atoms with Crippen LogP contribution in [-0.4, -0.2) is 9.97 Å². The minimum atomic E-state index is -0.650. The lowest BCUT2D eigenvalue weighted by Gasteiger charge is -1.96. The molecule has 2 N–H and O–H groups in total. The molecule has 0 aliphatic heterocycles. The third-order valence-corrected chi connectivity index (χ3v) is 3.43. The van der Waals surface area contributed by atoms with E-state index in [1.54, 1.807) is 0 Å². The molecule has 0 fully saturated rings. The number of nitrogens with zero attached hydrogens (tertiary/aromatic N) is 1. The first kappa shape index (κ1) is 10.6. The Labute approximate surface area is 94.4 Å². The summed E-state index contributed by atoms with van der Waals surface area (Å²) in [4.78, 5) is 29.1. The van der Waals surface area contributed by atoms with Crippen molar-refractivity contribution in [1.29, 1.82) is 5.26 Å². The highest BCUT2D eigenvalue weighted by Gasteiger charge is 2.11. The summed E-state index contributed by atoms with van der Waals surface area (Å²) in [5.41, 5.74) is 0.307. The number of aromatic nitrogens is 2. The molecule has 16 heavy (non-hydrogen) atoms. The number of aromatic amines is 2. The third kappa shape index (κ3) is 1.66. The number of H-pyrrole nitrogens is 2. The van der Waals surface area contributed by atoms with Gasteiger partial charge in [0.15, 0.2) is 0 Å². The van der Waals surface area contributed by atoms with Crippen molar-refractivity contribution in [2.75, 3.05) is 0 Å². The lowest BCUT2D eigenvalue weighted by atomic mass is 10.1. The zero-order chi connectivity index (χ0) is 11.7. The van der Waals surface area contributed by atoms with Crippen LogP contribution in [0.5, 0.6) is 0 Å². The first-order valence-corrected chi connectivity index (χ1v) is 5.56. The van der Waals surface area contributed by atoms with Crippen molar-refractivity contribution in [3.05, 3.63) is 31.1 Å². The summed E-state index contributed by atoms with van der Waals surface area (Å²) >= 11 is 1.42. The van der Waals surface area contributed by atoms with Crippen LogP contribution in [0.15, 0.2) is 9.59 Å². The maximum Gasteiger partial charge on any atom is 0.314 e. The number of nitriles is 1. The molecule has 0 radical (unpaired) electrons. The molecular weight excluding hydrogens is 226 g/mol. The molecule has 2 rings (SSSR count). The molecule has 2 heterocycles. The molecule has 0 atom stereocenters. The number of fused-ring (bicyclic) bond motifs is 1. The predicted molar refractivity (Wildman–Crippen MR) is 61.7 cm³/mol. The molecule has 0 unspecified atom stereocenters. The molecule has 6 heteroatoms. The SMILES string of the molecule is Cc1sc2[nH]c(=O)c(=O)[nH]c2c1CCC#N. The Kier molecular flexibility index (Phi) is 2.62. The van der Waals surface area contributed by atoms with Crippen molar-refractivity contribution in [1.82, 2.24) is 9.97 Å². The van der Waals surface area contributed by atoms with Gasteiger partial charge in [-0.3, -0.25) is 9.59 Å². The van der Waals surface area contributed by atoms with Crippen LogP contribution in [0.4, 0.5) is 0 Å². The number of hydrogen-bond donors (Lipinski definition) is 2. The van der Waals surface area contributed by atoms with Gasteiger partial charge in [0, 0.05) is 11.3 Å². The number of thiophene rings is 1. The van der Waals surface area contributed by atoms with E-state index in [0.717, 1.165) is 10.4 Å². The maximum absolute atomic E-state index is 11.2. The fraction of sp³-hybridized carbons (Fsp3) is 0.300. The highest BCUT2D eigenvalue weighted by Crippen LogP contribution is 2.27. The second-order valence-corrected chi connectivity index (χ2v) is 4.63. The summed E-state index contributed by atoms with van der Waals surface area (Å²) < 4.78 is 0. The fourth-order valence-corrected chi connectivity index (χ4v) is 2.66. The van der Waals surface area contributed by atoms with Crippen LogP contribution in [0.3, 0.4) is 0 Å². The van der Waals surface area contributed by atoms with Crippen LogP contribution in [0, 0.1) is 18.3 Å². The molecule has 0 aliphatic carbocycles. The number of hydrogen-bond acceptors (Lipinski definition) is 4. The lowest BCUT2D eigenvalue weighted by Crippen LogP contribution is -2.28. The zero-order valence-corrected chi connectivity index (χ0v) is 9.40. The largest absolute Gasteiger partial charge is 0.315 e. The lowest BCUT2D eigenvalue weighted by molar-refractivity contribution is 1.01. The van der Waals surface area contributed by atoms with Crippen LogP contribution < -0.4 is 11.1 Å². The Balaban J connectivity index is 2.70. The first-order valence-electron chi connectivity index (χ1n) is 4.75. The Morgan fingerprint density at radius 2 is 2.00 bits per heavy atom. The molecular formula is C10H9N3O2S.